The molecule has 0 aliphatic carbocycles. The van der Waals surface area contributed by atoms with E-state index in [0.717, 1.165) is 26.2 Å². The highest BCUT2D eigenvalue weighted by atomic mass is 35.5. The summed E-state index contributed by atoms with van der Waals surface area (Å²) in [6, 6.07) is 8.34. The first-order valence-corrected chi connectivity index (χ1v) is 8.64. The largest absolute Gasteiger partial charge is 0.339 e. The van der Waals surface area contributed by atoms with Gasteiger partial charge in [0.15, 0.2) is 0 Å². The number of benzene rings is 1. The van der Waals surface area contributed by atoms with Gasteiger partial charge < -0.3 is 10.2 Å². The minimum absolute atomic E-state index is 0. The fraction of sp³-hybridized carbons (Fsp3) is 0.632. The number of piperidine rings is 1. The number of hydrogen-bond acceptors (Lipinski definition) is 2. The molecule has 2 atom stereocenters. The molecule has 4 heteroatoms. The fourth-order valence-electron chi connectivity index (χ4n) is 3.31. The minimum Gasteiger partial charge on any atom is -0.339 e. The van der Waals surface area contributed by atoms with Gasteiger partial charge in [-0.2, -0.15) is 0 Å². The smallest absolute Gasteiger partial charge is 0.223 e. The van der Waals surface area contributed by atoms with Gasteiger partial charge in [-0.05, 0) is 62.7 Å². The monoisotopic (exact) mass is 338 g/mol. The summed E-state index contributed by atoms with van der Waals surface area (Å²) in [5.74, 6) is 1.41. The maximum atomic E-state index is 12.6. The average molecular weight is 339 g/mol. The van der Waals surface area contributed by atoms with Gasteiger partial charge in [0.1, 0.15) is 0 Å². The van der Waals surface area contributed by atoms with E-state index >= 15 is 0 Å². The Bertz CT molecular complexity index is 486. The molecular weight excluding hydrogens is 308 g/mol. The van der Waals surface area contributed by atoms with Crippen LogP contribution < -0.4 is 5.32 Å². The molecule has 1 aliphatic rings. The van der Waals surface area contributed by atoms with E-state index in [1.165, 1.54) is 24.0 Å². The summed E-state index contributed by atoms with van der Waals surface area (Å²) in [4.78, 5) is 14.6. The van der Waals surface area contributed by atoms with Crippen LogP contribution in [0.3, 0.4) is 0 Å². The normalized spacial score (nSPS) is 18.8. The van der Waals surface area contributed by atoms with Crippen LogP contribution in [0.5, 0.6) is 0 Å². The van der Waals surface area contributed by atoms with Crippen LogP contribution in [0.25, 0.3) is 0 Å². The Kier molecular flexibility index (Phi) is 8.64. The summed E-state index contributed by atoms with van der Waals surface area (Å²) in [6.07, 6.45) is 3.17. The predicted molar refractivity (Wildman–Crippen MR) is 98.9 cm³/mol. The first-order chi connectivity index (χ1) is 10.6. The zero-order valence-corrected chi connectivity index (χ0v) is 15.5. The van der Waals surface area contributed by atoms with Crippen LogP contribution in [0, 0.1) is 18.8 Å². The van der Waals surface area contributed by atoms with Gasteiger partial charge in [-0.25, -0.2) is 0 Å². The fourth-order valence-corrected chi connectivity index (χ4v) is 3.31. The van der Waals surface area contributed by atoms with Gasteiger partial charge in [0.25, 0.3) is 0 Å². The third-order valence-corrected chi connectivity index (χ3v) is 4.99. The number of carbonyl (C=O) groups excluding carboxylic acids is 1. The molecule has 1 heterocycles. The van der Waals surface area contributed by atoms with Crippen LogP contribution in [0.2, 0.25) is 0 Å². The number of nitrogens with zero attached hydrogens (tertiary/aromatic N) is 1. The SMILES string of the molecule is CCN(Cc1ccccc1C)C(=O)CC(C)C1CCCNC1.Cl. The van der Waals surface area contributed by atoms with Crippen molar-refractivity contribution in [1.82, 2.24) is 10.2 Å². The van der Waals surface area contributed by atoms with Crippen LogP contribution in [-0.4, -0.2) is 30.4 Å². The van der Waals surface area contributed by atoms with Crippen LogP contribution >= 0.6 is 12.4 Å². The number of rotatable bonds is 6. The Morgan fingerprint density at radius 2 is 2.13 bits per heavy atom. The van der Waals surface area contributed by atoms with Gasteiger partial charge >= 0.3 is 0 Å². The van der Waals surface area contributed by atoms with Crippen LogP contribution in [0.4, 0.5) is 0 Å². The van der Waals surface area contributed by atoms with Gasteiger partial charge in [-0.3, -0.25) is 4.79 Å². The lowest BCUT2D eigenvalue weighted by Gasteiger charge is -2.30. The van der Waals surface area contributed by atoms with E-state index in [1.54, 1.807) is 0 Å². The molecule has 0 saturated carbocycles. The molecule has 2 rings (SSSR count). The van der Waals surface area contributed by atoms with E-state index in [-0.39, 0.29) is 12.4 Å². The molecule has 1 amide bonds. The number of hydrogen-bond donors (Lipinski definition) is 1. The molecule has 1 aromatic rings. The molecule has 0 radical (unpaired) electrons. The first kappa shape index (κ1) is 20.0. The molecule has 0 bridgehead atoms. The third kappa shape index (κ3) is 5.82. The first-order valence-electron chi connectivity index (χ1n) is 8.64. The Balaban J connectivity index is 0.00000264. The van der Waals surface area contributed by atoms with Crippen molar-refractivity contribution in [2.24, 2.45) is 11.8 Å². The summed E-state index contributed by atoms with van der Waals surface area (Å²) in [5, 5.41) is 3.45. The van der Waals surface area contributed by atoms with E-state index in [0.29, 0.717) is 24.2 Å². The molecule has 1 aliphatic heterocycles. The van der Waals surface area contributed by atoms with Crippen LogP contribution in [-0.2, 0) is 11.3 Å². The molecule has 0 aromatic heterocycles. The van der Waals surface area contributed by atoms with Crippen molar-refractivity contribution >= 4 is 18.3 Å². The Labute approximate surface area is 147 Å². The van der Waals surface area contributed by atoms with E-state index < -0.39 is 0 Å². The number of amides is 1. The second-order valence-electron chi connectivity index (χ2n) is 6.62. The van der Waals surface area contributed by atoms with E-state index in [9.17, 15) is 4.79 Å². The van der Waals surface area contributed by atoms with Crippen molar-refractivity contribution in [3.8, 4) is 0 Å². The molecule has 1 fully saturated rings. The highest BCUT2D eigenvalue weighted by molar-refractivity contribution is 5.85. The van der Waals surface area contributed by atoms with Crippen molar-refractivity contribution in [2.45, 2.75) is 46.6 Å². The Hall–Kier alpha value is -1.06. The standard InChI is InChI=1S/C19H30N2O.ClH/c1-4-21(14-18-9-6-5-8-15(18)2)19(22)12-16(3)17-10-7-11-20-13-17;/h5-6,8-9,16-17,20H,4,7,10-14H2,1-3H3;1H. The molecular formula is C19H31ClN2O. The van der Waals surface area contributed by atoms with Gasteiger partial charge in [-0.15, -0.1) is 12.4 Å². The van der Waals surface area contributed by atoms with Crippen molar-refractivity contribution in [3.05, 3.63) is 35.4 Å². The maximum Gasteiger partial charge on any atom is 0.223 e. The molecule has 1 N–H and O–H groups in total. The number of halogens is 1. The van der Waals surface area contributed by atoms with Crippen molar-refractivity contribution in [1.29, 1.82) is 0 Å². The summed E-state index contributed by atoms with van der Waals surface area (Å²) in [5.41, 5.74) is 2.52. The molecule has 0 spiro atoms. The van der Waals surface area contributed by atoms with Gasteiger partial charge in [-0.1, -0.05) is 31.2 Å². The van der Waals surface area contributed by atoms with E-state index in [4.69, 9.17) is 0 Å². The second kappa shape index (κ2) is 9.94. The zero-order valence-electron chi connectivity index (χ0n) is 14.7. The molecule has 1 aromatic carbocycles. The third-order valence-electron chi connectivity index (χ3n) is 4.99. The van der Waals surface area contributed by atoms with E-state index in [2.05, 4.69) is 50.4 Å². The molecule has 2 unspecified atom stereocenters. The highest BCUT2D eigenvalue weighted by Crippen LogP contribution is 2.23. The summed E-state index contributed by atoms with van der Waals surface area (Å²) in [7, 11) is 0. The van der Waals surface area contributed by atoms with Crippen LogP contribution in [0.15, 0.2) is 24.3 Å². The van der Waals surface area contributed by atoms with Gasteiger partial charge in [0.2, 0.25) is 5.91 Å². The number of nitrogens with one attached hydrogen (secondary N) is 1. The molecule has 23 heavy (non-hydrogen) atoms. The minimum atomic E-state index is 0. The summed E-state index contributed by atoms with van der Waals surface area (Å²) in [6.45, 7) is 10.1. The topological polar surface area (TPSA) is 32.3 Å². The molecule has 130 valence electrons. The molecule has 1 saturated heterocycles. The quantitative estimate of drug-likeness (QED) is 0.855. The van der Waals surface area contributed by atoms with Crippen molar-refractivity contribution in [2.75, 3.05) is 19.6 Å². The maximum absolute atomic E-state index is 12.6. The summed E-state index contributed by atoms with van der Waals surface area (Å²) < 4.78 is 0. The highest BCUT2D eigenvalue weighted by Gasteiger charge is 2.24. The second-order valence-corrected chi connectivity index (χ2v) is 6.62. The zero-order chi connectivity index (χ0) is 15.9. The Morgan fingerprint density at radius 3 is 2.74 bits per heavy atom. The van der Waals surface area contributed by atoms with Crippen molar-refractivity contribution < 1.29 is 4.79 Å². The van der Waals surface area contributed by atoms with E-state index in [1.807, 2.05) is 4.90 Å². The lowest BCUT2D eigenvalue weighted by atomic mass is 9.85. The lowest BCUT2D eigenvalue weighted by Crippen LogP contribution is -2.37. The van der Waals surface area contributed by atoms with Crippen LogP contribution in [0.1, 0.15) is 44.2 Å². The molecule has 3 nitrogen and oxygen atoms in total. The van der Waals surface area contributed by atoms with Gasteiger partial charge in [0.05, 0.1) is 0 Å². The number of carbonyl (C=O) groups is 1. The van der Waals surface area contributed by atoms with Crippen molar-refractivity contribution in [3.63, 3.8) is 0 Å². The lowest BCUT2D eigenvalue weighted by molar-refractivity contribution is -0.133. The predicted octanol–water partition coefficient (Wildman–Crippen LogP) is 3.79. The average Bonchev–Trinajstić information content (AvgIpc) is 2.54. The van der Waals surface area contributed by atoms with Gasteiger partial charge in [0, 0.05) is 19.5 Å². The Morgan fingerprint density at radius 1 is 1.39 bits per heavy atom. The number of aryl methyl sites for hydroxylation is 1. The summed E-state index contributed by atoms with van der Waals surface area (Å²) >= 11 is 0.